The second kappa shape index (κ2) is 49.4. The Morgan fingerprint density at radius 1 is 0.362 bits per heavy atom. The third-order valence-electron chi connectivity index (χ3n) is 27.1. The Labute approximate surface area is 824 Å². The van der Waals surface area contributed by atoms with Crippen molar-refractivity contribution in [2.75, 3.05) is 32.7 Å². The maximum Gasteiger partial charge on any atom is 0.326 e. The van der Waals surface area contributed by atoms with Crippen LogP contribution in [0.25, 0.3) is 0 Å². The smallest absolute Gasteiger partial charge is 0.326 e. The number of hydrogen-bond acceptors (Lipinski definition) is 19. The van der Waals surface area contributed by atoms with E-state index in [1.807, 2.05) is 189 Å². The molecule has 35 nitrogen and oxygen atoms in total. The minimum absolute atomic E-state index is 0.0382. The number of amides is 15. The molecule has 5 aliphatic heterocycles. The monoisotopic (exact) mass is 1940 g/mol. The molecule has 0 bridgehead atoms. The average Bonchev–Trinajstić information content (AvgIpc) is 1.20. The molecule has 5 heterocycles. The van der Waals surface area contributed by atoms with Crippen LogP contribution >= 0.6 is 0 Å². The second-order valence-electron chi connectivity index (χ2n) is 39.0. The maximum absolute atomic E-state index is 15.3. The van der Waals surface area contributed by atoms with E-state index in [9.17, 15) is 67.4 Å². The van der Waals surface area contributed by atoms with Gasteiger partial charge in [0.05, 0.1) is 6.04 Å². The number of carboxylic acid groups (broad SMARTS) is 1. The number of carbonyl (C=O) groups excluding carboxylic acids is 16. The van der Waals surface area contributed by atoms with E-state index in [1.165, 1.54) is 52.2 Å². The zero-order chi connectivity index (χ0) is 102. The van der Waals surface area contributed by atoms with Gasteiger partial charge in [0.1, 0.15) is 95.2 Å². The standard InChI is InChI=1S/C106H138N16O19/c1-12-66(4)89(102(138)120-61-33-49-82(120)96(132)113-79(93(129)109-67(5)90(126)108-69(7)92(128)114-80(103(139)140)64-65(2)3)55-57-87(124)117-106(74-42-25-16-26-43-74,75-44-27-17-28-45-75)76-46-29-18-30-47-76)115-97(133)83-50-32-60-119(83)100(136)84-51-34-62-121(84)98(134)70(8)111-91(127)68(6)110-94(130)78(54-56-86(123)116-105(71-36-19-13-20-37-71,72-38-21-14-22-39-72)73-40-23-15-24-41-73)112-95(131)81-48-31-59-118(81)101(137)85-52-35-63-122(85)99(135)77(107)53-58-88(125)141-104(9,10)11/h13-30,36-47,65-70,77-85,89H,12,31-35,48-64,107H2,1-11H3,(H,108,126)(H,109,129)(H,110,130)(H,111,127)(H,112,131)(H,113,132)(H,114,128)(H,115,133)(H,116,123)(H,117,124)(H,139,140)/t66-,67-,68-,69-,70-,77-,78-,79-,80-,81-,82-,83-,84+,85+,89-/m0/s1. The fourth-order valence-electron chi connectivity index (χ4n) is 19.5. The number of rotatable bonds is 43. The third kappa shape index (κ3) is 27.1. The van der Waals surface area contributed by atoms with E-state index in [-0.39, 0.29) is 116 Å². The van der Waals surface area contributed by atoms with Crippen molar-refractivity contribution in [1.29, 1.82) is 0 Å². The van der Waals surface area contributed by atoms with Gasteiger partial charge < -0.3 is 93.2 Å². The molecule has 5 aliphatic rings. The average molecular weight is 1940 g/mol. The first-order valence-electron chi connectivity index (χ1n) is 49.4. The number of aliphatic carboxylic acids is 1. The molecule has 5 fully saturated rings. The predicted octanol–water partition coefficient (Wildman–Crippen LogP) is 6.30. The van der Waals surface area contributed by atoms with Gasteiger partial charge in [0.25, 0.3) is 0 Å². The largest absolute Gasteiger partial charge is 0.480 e. The molecule has 13 N–H and O–H groups in total. The minimum Gasteiger partial charge on any atom is -0.480 e. The first kappa shape index (κ1) is 108. The van der Waals surface area contributed by atoms with Gasteiger partial charge in [-0.15, -0.1) is 0 Å². The van der Waals surface area contributed by atoms with E-state index in [1.54, 1.807) is 41.5 Å². The number of benzene rings is 6. The van der Waals surface area contributed by atoms with Crippen LogP contribution in [0.3, 0.4) is 0 Å². The Morgan fingerprint density at radius 3 is 1.01 bits per heavy atom. The number of likely N-dealkylation sites (tertiary alicyclic amines) is 5. The van der Waals surface area contributed by atoms with Crippen LogP contribution in [0, 0.1) is 11.8 Å². The Hall–Kier alpha value is -13.7. The molecule has 141 heavy (non-hydrogen) atoms. The van der Waals surface area contributed by atoms with Crippen molar-refractivity contribution in [3.63, 3.8) is 0 Å². The zero-order valence-electron chi connectivity index (χ0n) is 82.4. The fraction of sp³-hybridized carbons (Fsp3) is 0.500. The highest BCUT2D eigenvalue weighted by atomic mass is 16.6. The van der Waals surface area contributed by atoms with Crippen LogP contribution in [0.2, 0.25) is 0 Å². The number of nitrogens with zero attached hydrogens (tertiary/aromatic N) is 5. The van der Waals surface area contributed by atoms with E-state index < -0.39 is 208 Å². The number of carboxylic acids is 1. The highest BCUT2D eigenvalue weighted by Crippen LogP contribution is 2.40. The van der Waals surface area contributed by atoms with Gasteiger partial charge in [0.15, 0.2) is 0 Å². The lowest BCUT2D eigenvalue weighted by Crippen LogP contribution is -2.60. The van der Waals surface area contributed by atoms with Gasteiger partial charge in [0.2, 0.25) is 88.6 Å². The minimum atomic E-state index is -1.55. The molecule has 15 amide bonds. The zero-order valence-corrected chi connectivity index (χ0v) is 82.4. The van der Waals surface area contributed by atoms with E-state index in [0.717, 1.165) is 0 Å². The molecule has 0 aromatic heterocycles. The first-order chi connectivity index (χ1) is 67.3. The highest BCUT2D eigenvalue weighted by Gasteiger charge is 2.50. The summed E-state index contributed by atoms with van der Waals surface area (Å²) in [5.74, 6) is -12.9. The van der Waals surface area contributed by atoms with Gasteiger partial charge in [-0.1, -0.05) is 216 Å². The van der Waals surface area contributed by atoms with Crippen LogP contribution < -0.4 is 58.9 Å². The number of nitrogens with one attached hydrogen (secondary N) is 10. The molecule has 15 atom stereocenters. The molecule has 756 valence electrons. The van der Waals surface area contributed by atoms with Crippen molar-refractivity contribution in [2.24, 2.45) is 17.6 Å². The lowest BCUT2D eigenvalue weighted by atomic mass is 9.77. The molecule has 6 aromatic rings. The summed E-state index contributed by atoms with van der Waals surface area (Å²) in [5, 5.41) is 37.9. The topological polar surface area (TPSA) is 482 Å². The number of ether oxygens (including phenoxy) is 1. The number of esters is 1. The van der Waals surface area contributed by atoms with Crippen molar-refractivity contribution in [3.8, 4) is 0 Å². The van der Waals surface area contributed by atoms with Crippen LogP contribution in [-0.4, -0.2) is 253 Å². The van der Waals surface area contributed by atoms with E-state index >= 15 is 19.2 Å². The Kier molecular flexibility index (Phi) is 37.7. The summed E-state index contributed by atoms with van der Waals surface area (Å²) >= 11 is 0. The predicted molar refractivity (Wildman–Crippen MR) is 525 cm³/mol. The molecule has 0 saturated carbocycles. The summed E-state index contributed by atoms with van der Waals surface area (Å²) < 4.78 is 5.42. The van der Waals surface area contributed by atoms with Crippen LogP contribution in [-0.2, 0) is 97.3 Å². The number of hydrogen-bond donors (Lipinski definition) is 12. The van der Waals surface area contributed by atoms with E-state index in [0.29, 0.717) is 71.9 Å². The van der Waals surface area contributed by atoms with Gasteiger partial charge in [-0.3, -0.25) is 76.7 Å². The Bertz CT molecular complexity index is 5210. The normalized spacial score (nSPS) is 19.2. The van der Waals surface area contributed by atoms with Crippen molar-refractivity contribution >= 4 is 101 Å². The molecule has 11 rings (SSSR count). The van der Waals surface area contributed by atoms with E-state index in [2.05, 4.69) is 53.2 Å². The number of nitrogens with two attached hydrogens (primary N) is 1. The summed E-state index contributed by atoms with van der Waals surface area (Å²) in [6.07, 6.45) is 1.60. The first-order valence-corrected chi connectivity index (χ1v) is 49.4. The maximum atomic E-state index is 15.3. The van der Waals surface area contributed by atoms with Crippen LogP contribution in [0.1, 0.15) is 225 Å². The summed E-state index contributed by atoms with van der Waals surface area (Å²) in [5.41, 5.74) is 7.30. The van der Waals surface area contributed by atoms with Gasteiger partial charge in [0, 0.05) is 52.0 Å². The number of carbonyl (C=O) groups is 17. The van der Waals surface area contributed by atoms with Gasteiger partial charge in [-0.05, 0) is 184 Å². The Morgan fingerprint density at radius 2 is 0.667 bits per heavy atom. The second-order valence-corrected chi connectivity index (χ2v) is 39.0. The Balaban J connectivity index is 0.754. The molecule has 0 radical (unpaired) electrons. The molecule has 0 aliphatic carbocycles. The SMILES string of the molecule is CC[C@H](C)[C@H](NC(=O)[C@@H]1CCCN1C(=O)[C@H]1CCCN1C(=O)[C@H](C)NC(=O)[C@H](C)NC(=O)[C@H](CCC(=O)NC(c1ccccc1)(c1ccccc1)c1ccccc1)NC(=O)[C@@H]1CCCN1C(=O)[C@H]1CCCN1C(=O)[C@@H](N)CCC(=O)OC(C)(C)C)C(=O)N1CCC[C@H]1C(=O)N[C@@H](CCC(=O)NC(c1ccccc1)(c1ccccc1)c1ccccc1)C(=O)N[C@@H](C)C(=O)N[C@@H](C)C(=O)N[C@@H](CC(C)C)C(=O)O. The quantitative estimate of drug-likeness (QED) is 0.0147. The van der Waals surface area contributed by atoms with Crippen molar-refractivity contribution in [1.82, 2.24) is 77.7 Å². The van der Waals surface area contributed by atoms with Crippen molar-refractivity contribution in [3.05, 3.63) is 215 Å². The van der Waals surface area contributed by atoms with Gasteiger partial charge in [-0.2, -0.15) is 0 Å². The summed E-state index contributed by atoms with van der Waals surface area (Å²) in [6.45, 7) is 18.3. The van der Waals surface area contributed by atoms with Crippen LogP contribution in [0.5, 0.6) is 0 Å². The molecule has 5 saturated heterocycles. The van der Waals surface area contributed by atoms with Crippen LogP contribution in [0.4, 0.5) is 0 Å². The lowest BCUT2D eigenvalue weighted by Gasteiger charge is -2.37. The molecule has 0 unspecified atom stereocenters. The lowest BCUT2D eigenvalue weighted by molar-refractivity contribution is -0.155. The van der Waals surface area contributed by atoms with Crippen molar-refractivity contribution in [2.45, 2.75) is 293 Å². The molecule has 0 spiro atoms. The molecule has 35 heteroatoms. The summed E-state index contributed by atoms with van der Waals surface area (Å²) in [4.78, 5) is 252. The van der Waals surface area contributed by atoms with E-state index in [4.69, 9.17) is 10.5 Å². The summed E-state index contributed by atoms with van der Waals surface area (Å²) in [6, 6.07) is 38.1. The molecule has 6 aromatic carbocycles. The van der Waals surface area contributed by atoms with Crippen molar-refractivity contribution < 1.29 is 91.4 Å². The summed E-state index contributed by atoms with van der Waals surface area (Å²) in [7, 11) is 0. The molecular weight excluding hydrogens is 1800 g/mol. The molecular formula is C106H138N16O19. The highest BCUT2D eigenvalue weighted by molar-refractivity contribution is 6.01. The van der Waals surface area contributed by atoms with Gasteiger partial charge in [-0.25, -0.2) is 4.79 Å². The van der Waals surface area contributed by atoms with Crippen LogP contribution in [0.15, 0.2) is 182 Å². The fourth-order valence-corrected chi connectivity index (χ4v) is 19.5. The van der Waals surface area contributed by atoms with Gasteiger partial charge >= 0.3 is 11.9 Å². The third-order valence-corrected chi connectivity index (χ3v) is 27.1.